The minimum atomic E-state index is -3.47. The standard InChI is InChI=1S/C9H17ClN2O2S/c1-11-5-7-12(8-6-11)4-2-3-9-15(10,13)14/h3,9H,2,4-8H2,1H3/b9-3-. The summed E-state index contributed by atoms with van der Waals surface area (Å²) in [6.07, 6.45) is 2.34. The molecule has 0 atom stereocenters. The molecule has 0 aromatic heterocycles. The highest BCUT2D eigenvalue weighted by molar-refractivity contribution is 8.16. The Hall–Kier alpha value is -0.100. The first-order valence-corrected chi connectivity index (χ1v) is 7.37. The van der Waals surface area contributed by atoms with Crippen molar-refractivity contribution in [3.63, 3.8) is 0 Å². The Kier molecular flexibility index (Phi) is 5.05. The summed E-state index contributed by atoms with van der Waals surface area (Å²) in [5.74, 6) is 0. The molecule has 0 spiro atoms. The Morgan fingerprint density at radius 2 is 1.87 bits per heavy atom. The van der Waals surface area contributed by atoms with Gasteiger partial charge in [-0.1, -0.05) is 6.08 Å². The van der Waals surface area contributed by atoms with Gasteiger partial charge in [-0.05, 0) is 13.5 Å². The molecular formula is C9H17ClN2O2S. The number of nitrogens with zero attached hydrogens (tertiary/aromatic N) is 2. The maximum absolute atomic E-state index is 10.6. The lowest BCUT2D eigenvalue weighted by Crippen LogP contribution is -2.44. The van der Waals surface area contributed by atoms with Crippen LogP contribution in [0.3, 0.4) is 0 Å². The quantitative estimate of drug-likeness (QED) is 0.691. The van der Waals surface area contributed by atoms with E-state index in [0.29, 0.717) is 0 Å². The van der Waals surface area contributed by atoms with Crippen LogP contribution in [-0.2, 0) is 9.05 Å². The highest BCUT2D eigenvalue weighted by atomic mass is 35.7. The Morgan fingerprint density at radius 1 is 1.27 bits per heavy atom. The normalized spacial score (nSPS) is 21.2. The zero-order chi connectivity index (χ0) is 11.3. The molecule has 0 radical (unpaired) electrons. The number of likely N-dealkylation sites (N-methyl/N-ethyl adjacent to an activating group) is 1. The fourth-order valence-corrected chi connectivity index (χ4v) is 2.10. The van der Waals surface area contributed by atoms with Gasteiger partial charge in [-0.2, -0.15) is 0 Å². The molecule has 1 heterocycles. The van der Waals surface area contributed by atoms with Crippen LogP contribution in [0.1, 0.15) is 6.42 Å². The van der Waals surface area contributed by atoms with Crippen LogP contribution in [0.2, 0.25) is 0 Å². The highest BCUT2D eigenvalue weighted by Gasteiger charge is 2.12. The van der Waals surface area contributed by atoms with Gasteiger partial charge < -0.3 is 9.80 Å². The lowest BCUT2D eigenvalue weighted by Gasteiger charge is -2.31. The average molecular weight is 253 g/mol. The summed E-state index contributed by atoms with van der Waals surface area (Å²) in [7, 11) is 3.68. The van der Waals surface area contributed by atoms with E-state index in [1.165, 1.54) is 0 Å². The van der Waals surface area contributed by atoms with E-state index in [4.69, 9.17) is 10.7 Å². The van der Waals surface area contributed by atoms with Crippen molar-refractivity contribution < 1.29 is 8.42 Å². The molecule has 1 fully saturated rings. The van der Waals surface area contributed by atoms with Gasteiger partial charge >= 0.3 is 0 Å². The van der Waals surface area contributed by atoms with Crippen molar-refractivity contribution in [1.29, 1.82) is 0 Å². The van der Waals surface area contributed by atoms with E-state index in [9.17, 15) is 8.42 Å². The van der Waals surface area contributed by atoms with Crippen LogP contribution in [0.25, 0.3) is 0 Å². The lowest BCUT2D eigenvalue weighted by atomic mass is 10.3. The largest absolute Gasteiger partial charge is 0.304 e. The van der Waals surface area contributed by atoms with Gasteiger partial charge in [-0.15, -0.1) is 0 Å². The first kappa shape index (κ1) is 13.0. The van der Waals surface area contributed by atoms with Crippen molar-refractivity contribution >= 4 is 19.7 Å². The molecule has 1 aliphatic heterocycles. The molecule has 0 bridgehead atoms. The monoisotopic (exact) mass is 252 g/mol. The van der Waals surface area contributed by atoms with Gasteiger partial charge in [-0.25, -0.2) is 8.42 Å². The van der Waals surface area contributed by atoms with Crippen LogP contribution in [-0.4, -0.2) is 58.0 Å². The van der Waals surface area contributed by atoms with Crippen LogP contribution in [0.4, 0.5) is 0 Å². The zero-order valence-electron chi connectivity index (χ0n) is 8.89. The average Bonchev–Trinajstić information content (AvgIpc) is 2.14. The van der Waals surface area contributed by atoms with E-state index in [2.05, 4.69) is 16.8 Å². The number of hydrogen-bond acceptors (Lipinski definition) is 4. The van der Waals surface area contributed by atoms with Crippen LogP contribution < -0.4 is 0 Å². The fourth-order valence-electron chi connectivity index (χ4n) is 1.51. The Morgan fingerprint density at radius 3 is 2.40 bits per heavy atom. The van der Waals surface area contributed by atoms with E-state index in [0.717, 1.165) is 44.6 Å². The van der Waals surface area contributed by atoms with E-state index in [1.807, 2.05) is 0 Å². The van der Waals surface area contributed by atoms with E-state index in [-0.39, 0.29) is 0 Å². The van der Waals surface area contributed by atoms with Crippen LogP contribution in [0.5, 0.6) is 0 Å². The second kappa shape index (κ2) is 5.84. The van der Waals surface area contributed by atoms with Crippen molar-refractivity contribution in [3.05, 3.63) is 11.5 Å². The van der Waals surface area contributed by atoms with Gasteiger partial charge in [0.15, 0.2) is 0 Å². The van der Waals surface area contributed by atoms with Crippen molar-refractivity contribution in [2.75, 3.05) is 39.8 Å². The van der Waals surface area contributed by atoms with E-state index in [1.54, 1.807) is 6.08 Å². The van der Waals surface area contributed by atoms with Gasteiger partial charge in [0.25, 0.3) is 9.05 Å². The summed E-state index contributed by atoms with van der Waals surface area (Å²) in [5, 5.41) is 1.06. The maximum atomic E-state index is 10.6. The molecule has 0 saturated carbocycles. The second-order valence-corrected chi connectivity index (χ2v) is 6.29. The van der Waals surface area contributed by atoms with Gasteiger partial charge in [-0.3, -0.25) is 0 Å². The summed E-state index contributed by atoms with van der Waals surface area (Å²) < 4.78 is 21.2. The smallest absolute Gasteiger partial charge is 0.254 e. The van der Waals surface area contributed by atoms with Crippen molar-refractivity contribution in [2.24, 2.45) is 0 Å². The molecule has 0 amide bonds. The molecule has 6 heteroatoms. The lowest BCUT2D eigenvalue weighted by molar-refractivity contribution is 0.156. The Bertz CT molecular complexity index is 308. The summed E-state index contributed by atoms with van der Waals surface area (Å²) >= 11 is 0. The topological polar surface area (TPSA) is 40.6 Å². The first-order valence-electron chi connectivity index (χ1n) is 4.99. The Balaban J connectivity index is 2.18. The molecule has 15 heavy (non-hydrogen) atoms. The van der Waals surface area contributed by atoms with Crippen LogP contribution in [0, 0.1) is 0 Å². The Labute approximate surface area is 95.9 Å². The summed E-state index contributed by atoms with van der Waals surface area (Å²) in [6.45, 7) is 5.17. The molecule has 1 aliphatic rings. The van der Waals surface area contributed by atoms with Crippen LogP contribution >= 0.6 is 10.7 Å². The molecule has 4 nitrogen and oxygen atoms in total. The fraction of sp³-hybridized carbons (Fsp3) is 0.778. The molecule has 1 saturated heterocycles. The molecule has 0 aromatic rings. The minimum Gasteiger partial charge on any atom is -0.304 e. The molecule has 0 N–H and O–H groups in total. The third kappa shape index (κ3) is 6.14. The molecule has 0 aliphatic carbocycles. The summed E-state index contributed by atoms with van der Waals surface area (Å²) in [6, 6.07) is 0. The zero-order valence-corrected chi connectivity index (χ0v) is 10.5. The summed E-state index contributed by atoms with van der Waals surface area (Å²) in [4.78, 5) is 4.61. The number of halogens is 1. The predicted octanol–water partition coefficient (Wildman–Crippen LogP) is 0.706. The van der Waals surface area contributed by atoms with E-state index >= 15 is 0 Å². The van der Waals surface area contributed by atoms with Gasteiger partial charge in [0.1, 0.15) is 0 Å². The van der Waals surface area contributed by atoms with Crippen molar-refractivity contribution in [2.45, 2.75) is 6.42 Å². The number of rotatable bonds is 4. The molecule has 88 valence electrons. The van der Waals surface area contributed by atoms with Crippen molar-refractivity contribution in [1.82, 2.24) is 9.80 Å². The van der Waals surface area contributed by atoms with Gasteiger partial charge in [0.2, 0.25) is 0 Å². The summed E-state index contributed by atoms with van der Waals surface area (Å²) in [5.41, 5.74) is 0. The third-order valence-corrected chi connectivity index (χ3v) is 3.29. The molecule has 1 rings (SSSR count). The SMILES string of the molecule is CN1CCN(CC/C=C\S(=O)(=O)Cl)CC1. The van der Waals surface area contributed by atoms with Crippen molar-refractivity contribution in [3.8, 4) is 0 Å². The second-order valence-electron chi connectivity index (χ2n) is 3.78. The minimum absolute atomic E-state index is 0.732. The third-order valence-electron chi connectivity index (χ3n) is 2.47. The van der Waals surface area contributed by atoms with Gasteiger partial charge in [0.05, 0.1) is 0 Å². The predicted molar refractivity (Wildman–Crippen MR) is 62.5 cm³/mol. The maximum Gasteiger partial charge on any atom is 0.254 e. The molecule has 0 unspecified atom stereocenters. The van der Waals surface area contributed by atoms with Crippen LogP contribution in [0.15, 0.2) is 11.5 Å². The highest BCUT2D eigenvalue weighted by Crippen LogP contribution is 2.02. The number of hydrogen-bond donors (Lipinski definition) is 0. The molecular weight excluding hydrogens is 236 g/mol. The first-order chi connectivity index (χ1) is 6.97. The van der Waals surface area contributed by atoms with Gasteiger partial charge in [0, 0.05) is 48.8 Å². The molecule has 0 aromatic carbocycles. The number of piperazine rings is 1. The van der Waals surface area contributed by atoms with E-state index < -0.39 is 9.05 Å².